The van der Waals surface area contributed by atoms with E-state index in [9.17, 15) is 9.90 Å². The lowest BCUT2D eigenvalue weighted by molar-refractivity contribution is -0.122. The van der Waals surface area contributed by atoms with Crippen LogP contribution in [0, 0.1) is 0 Å². The zero-order valence-corrected chi connectivity index (χ0v) is 12.1. The lowest BCUT2D eigenvalue weighted by atomic mass is 10.0. The van der Waals surface area contributed by atoms with Gasteiger partial charge in [0.2, 0.25) is 5.91 Å². The second-order valence-electron chi connectivity index (χ2n) is 5.19. The summed E-state index contributed by atoms with van der Waals surface area (Å²) in [5.41, 5.74) is 7.64. The third kappa shape index (κ3) is 4.33. The van der Waals surface area contributed by atoms with Gasteiger partial charge in [-0.1, -0.05) is 42.5 Å². The summed E-state index contributed by atoms with van der Waals surface area (Å²) in [5.74, 6) is -0.131. The Morgan fingerprint density at radius 1 is 1.10 bits per heavy atom. The second kappa shape index (κ2) is 6.90. The quantitative estimate of drug-likeness (QED) is 0.851. The fourth-order valence-corrected chi connectivity index (χ4v) is 2.31. The molecule has 0 aliphatic carbocycles. The number of hydrogen-bond acceptors (Lipinski definition) is 3. The number of primary amides is 1. The SMILES string of the molecule is CN(Cc1ccccc1)[C@@H](Cc1ccc(O)cc1)C(N)=O. The normalized spacial score (nSPS) is 12.3. The first-order chi connectivity index (χ1) is 10.1. The van der Waals surface area contributed by atoms with Crippen LogP contribution in [0.5, 0.6) is 5.75 Å². The van der Waals surface area contributed by atoms with Gasteiger partial charge in [0, 0.05) is 6.54 Å². The topological polar surface area (TPSA) is 66.6 Å². The van der Waals surface area contributed by atoms with E-state index < -0.39 is 0 Å². The van der Waals surface area contributed by atoms with Crippen LogP contribution >= 0.6 is 0 Å². The van der Waals surface area contributed by atoms with Gasteiger partial charge in [0.05, 0.1) is 6.04 Å². The summed E-state index contributed by atoms with van der Waals surface area (Å²) >= 11 is 0. The van der Waals surface area contributed by atoms with Crippen LogP contribution in [-0.4, -0.2) is 29.0 Å². The zero-order chi connectivity index (χ0) is 15.2. The molecule has 0 heterocycles. The predicted octanol–water partition coefficient (Wildman–Crippen LogP) is 1.92. The van der Waals surface area contributed by atoms with Crippen molar-refractivity contribution in [1.82, 2.24) is 4.90 Å². The summed E-state index contributed by atoms with van der Waals surface area (Å²) in [6.07, 6.45) is 0.527. The maximum Gasteiger partial charge on any atom is 0.235 e. The van der Waals surface area contributed by atoms with E-state index in [1.165, 1.54) is 0 Å². The van der Waals surface area contributed by atoms with E-state index in [1.807, 2.05) is 54.4 Å². The van der Waals surface area contributed by atoms with Crippen LogP contribution < -0.4 is 5.73 Å². The van der Waals surface area contributed by atoms with Crippen molar-refractivity contribution in [2.45, 2.75) is 19.0 Å². The molecule has 21 heavy (non-hydrogen) atoms. The number of benzene rings is 2. The van der Waals surface area contributed by atoms with Gasteiger partial charge < -0.3 is 10.8 Å². The van der Waals surface area contributed by atoms with E-state index >= 15 is 0 Å². The number of rotatable bonds is 6. The number of aromatic hydroxyl groups is 1. The van der Waals surface area contributed by atoms with Crippen molar-refractivity contribution in [3.8, 4) is 5.75 Å². The fourth-order valence-electron chi connectivity index (χ4n) is 2.31. The Labute approximate surface area is 124 Å². The van der Waals surface area contributed by atoms with Crippen molar-refractivity contribution in [2.75, 3.05) is 7.05 Å². The number of likely N-dealkylation sites (N-methyl/N-ethyl adjacent to an activating group) is 1. The number of phenolic OH excluding ortho intramolecular Hbond substituents is 1. The molecule has 0 spiro atoms. The highest BCUT2D eigenvalue weighted by atomic mass is 16.3. The number of carbonyl (C=O) groups excluding carboxylic acids is 1. The molecule has 0 radical (unpaired) electrons. The molecule has 2 aromatic carbocycles. The highest BCUT2D eigenvalue weighted by molar-refractivity contribution is 5.80. The van der Waals surface area contributed by atoms with Crippen molar-refractivity contribution in [3.05, 3.63) is 65.7 Å². The predicted molar refractivity (Wildman–Crippen MR) is 82.7 cm³/mol. The van der Waals surface area contributed by atoms with Crippen LogP contribution in [0.4, 0.5) is 0 Å². The van der Waals surface area contributed by atoms with Crippen molar-refractivity contribution >= 4 is 5.91 Å². The third-order valence-corrected chi connectivity index (χ3v) is 3.50. The van der Waals surface area contributed by atoms with E-state index in [0.29, 0.717) is 13.0 Å². The molecule has 1 amide bonds. The molecule has 1 atom stereocenters. The van der Waals surface area contributed by atoms with Crippen molar-refractivity contribution in [3.63, 3.8) is 0 Å². The molecule has 0 bridgehead atoms. The minimum absolute atomic E-state index is 0.215. The number of nitrogens with two attached hydrogens (primary N) is 1. The summed E-state index contributed by atoms with van der Waals surface area (Å²) < 4.78 is 0. The molecule has 3 N–H and O–H groups in total. The Hall–Kier alpha value is -2.33. The summed E-state index contributed by atoms with van der Waals surface area (Å²) in [6.45, 7) is 0.659. The smallest absolute Gasteiger partial charge is 0.235 e. The maximum absolute atomic E-state index is 11.7. The number of hydrogen-bond donors (Lipinski definition) is 2. The minimum atomic E-state index is -0.380. The lowest BCUT2D eigenvalue weighted by Gasteiger charge is -2.25. The molecule has 0 aromatic heterocycles. The summed E-state index contributed by atoms with van der Waals surface area (Å²) in [7, 11) is 1.89. The van der Waals surface area contributed by atoms with Crippen LogP contribution in [-0.2, 0) is 17.8 Å². The number of amides is 1. The van der Waals surface area contributed by atoms with Gasteiger partial charge in [0.1, 0.15) is 5.75 Å². The summed E-state index contributed by atoms with van der Waals surface area (Å²) in [5, 5.41) is 9.30. The van der Waals surface area contributed by atoms with Gasteiger partial charge in [0.25, 0.3) is 0 Å². The summed E-state index contributed by atoms with van der Waals surface area (Å²) in [6, 6.07) is 16.4. The van der Waals surface area contributed by atoms with Crippen LogP contribution in [0.2, 0.25) is 0 Å². The van der Waals surface area contributed by atoms with Gasteiger partial charge in [-0.2, -0.15) is 0 Å². The van der Waals surface area contributed by atoms with E-state index in [4.69, 9.17) is 5.73 Å². The standard InChI is InChI=1S/C17H20N2O2/c1-19(12-14-5-3-2-4-6-14)16(17(18)21)11-13-7-9-15(20)10-8-13/h2-10,16,20H,11-12H2,1H3,(H2,18,21)/t16-/m0/s1. The van der Waals surface area contributed by atoms with E-state index in [-0.39, 0.29) is 17.7 Å². The Bertz CT molecular complexity index is 581. The minimum Gasteiger partial charge on any atom is -0.508 e. The average Bonchev–Trinajstić information content (AvgIpc) is 2.47. The third-order valence-electron chi connectivity index (χ3n) is 3.50. The van der Waals surface area contributed by atoms with Gasteiger partial charge in [-0.15, -0.1) is 0 Å². The Balaban J connectivity index is 2.07. The molecule has 2 aromatic rings. The van der Waals surface area contributed by atoms with Gasteiger partial charge in [0.15, 0.2) is 0 Å². The molecule has 4 heteroatoms. The number of nitrogens with zero attached hydrogens (tertiary/aromatic N) is 1. The van der Waals surface area contributed by atoms with Crippen molar-refractivity contribution < 1.29 is 9.90 Å². The van der Waals surface area contributed by atoms with Gasteiger partial charge in [-0.3, -0.25) is 9.69 Å². The zero-order valence-electron chi connectivity index (χ0n) is 12.1. The van der Waals surface area contributed by atoms with Crippen molar-refractivity contribution in [2.24, 2.45) is 5.73 Å². The molecule has 2 rings (SSSR count). The Morgan fingerprint density at radius 3 is 2.29 bits per heavy atom. The lowest BCUT2D eigenvalue weighted by Crippen LogP contribution is -2.43. The van der Waals surface area contributed by atoms with Crippen LogP contribution in [0.15, 0.2) is 54.6 Å². The second-order valence-corrected chi connectivity index (χ2v) is 5.19. The van der Waals surface area contributed by atoms with Gasteiger partial charge in [-0.05, 0) is 36.7 Å². The largest absolute Gasteiger partial charge is 0.508 e. The van der Waals surface area contributed by atoms with Crippen LogP contribution in [0.3, 0.4) is 0 Å². The molecular formula is C17H20N2O2. The van der Waals surface area contributed by atoms with Crippen LogP contribution in [0.1, 0.15) is 11.1 Å². The average molecular weight is 284 g/mol. The monoisotopic (exact) mass is 284 g/mol. The number of carbonyl (C=O) groups is 1. The molecule has 0 unspecified atom stereocenters. The van der Waals surface area contributed by atoms with Crippen molar-refractivity contribution in [1.29, 1.82) is 0 Å². The number of phenols is 1. The van der Waals surface area contributed by atoms with E-state index in [1.54, 1.807) is 12.1 Å². The molecule has 0 saturated carbocycles. The summed E-state index contributed by atoms with van der Waals surface area (Å²) in [4.78, 5) is 13.7. The van der Waals surface area contributed by atoms with Gasteiger partial charge in [-0.25, -0.2) is 0 Å². The maximum atomic E-state index is 11.7. The molecule has 4 nitrogen and oxygen atoms in total. The highest BCUT2D eigenvalue weighted by Gasteiger charge is 2.21. The fraction of sp³-hybridized carbons (Fsp3) is 0.235. The molecule has 110 valence electrons. The first-order valence-electron chi connectivity index (χ1n) is 6.87. The van der Waals surface area contributed by atoms with Gasteiger partial charge >= 0.3 is 0 Å². The molecule has 0 aliphatic rings. The van der Waals surface area contributed by atoms with E-state index in [2.05, 4.69) is 0 Å². The first kappa shape index (κ1) is 15.1. The van der Waals surface area contributed by atoms with E-state index in [0.717, 1.165) is 11.1 Å². The molecule has 0 saturated heterocycles. The van der Waals surface area contributed by atoms with Crippen LogP contribution in [0.25, 0.3) is 0 Å². The Morgan fingerprint density at radius 2 is 1.71 bits per heavy atom. The molecular weight excluding hydrogens is 264 g/mol. The first-order valence-corrected chi connectivity index (χ1v) is 6.87. The highest BCUT2D eigenvalue weighted by Crippen LogP contribution is 2.14. The molecule has 0 aliphatic heterocycles. The Kier molecular flexibility index (Phi) is 4.95. The molecule has 0 fully saturated rings.